The maximum atomic E-state index is 14.3. The molecular formula is C24H22FN5O2S2. The minimum Gasteiger partial charge on any atom is -0.366 e. The molecule has 2 saturated heterocycles. The van der Waals surface area contributed by atoms with Crippen LogP contribution < -0.4 is 15.4 Å². The molecule has 5 rings (SSSR count). The lowest BCUT2D eigenvalue weighted by molar-refractivity contribution is -0.121. The van der Waals surface area contributed by atoms with Crippen LogP contribution in [0.2, 0.25) is 0 Å². The second kappa shape index (κ2) is 8.84. The molecule has 0 saturated carbocycles. The molecule has 0 N–H and O–H groups in total. The van der Waals surface area contributed by atoms with E-state index in [1.807, 2.05) is 28.9 Å². The first-order valence-corrected chi connectivity index (χ1v) is 12.1. The molecule has 0 spiro atoms. The number of benzene rings is 1. The molecule has 1 aromatic carbocycles. The quantitative estimate of drug-likeness (QED) is 0.408. The van der Waals surface area contributed by atoms with Crippen molar-refractivity contribution >= 4 is 57.4 Å². The molecule has 1 amide bonds. The number of rotatable bonds is 3. The van der Waals surface area contributed by atoms with Gasteiger partial charge in [-0.2, -0.15) is 0 Å². The first kappa shape index (κ1) is 22.5. The van der Waals surface area contributed by atoms with E-state index in [1.165, 1.54) is 27.1 Å². The van der Waals surface area contributed by atoms with Gasteiger partial charge in [0.05, 0.1) is 16.2 Å². The number of thiocarbonyl (C=S) groups is 1. The van der Waals surface area contributed by atoms with E-state index in [-0.39, 0.29) is 17.3 Å². The lowest BCUT2D eigenvalue weighted by Crippen LogP contribution is -2.47. The molecule has 174 valence electrons. The zero-order valence-corrected chi connectivity index (χ0v) is 20.3. The third-order valence-corrected chi connectivity index (χ3v) is 7.58. The van der Waals surface area contributed by atoms with Crippen molar-refractivity contribution in [1.29, 1.82) is 0 Å². The Kier molecular flexibility index (Phi) is 5.86. The zero-order valence-electron chi connectivity index (χ0n) is 18.7. The maximum absolute atomic E-state index is 14.3. The van der Waals surface area contributed by atoms with Crippen LogP contribution in [-0.2, 0) is 4.79 Å². The summed E-state index contributed by atoms with van der Waals surface area (Å²) in [5.41, 5.74) is 2.10. The minimum absolute atomic E-state index is 0.237. The standard InChI is InChI=1S/C24H22FN5O2S2/c1-15-6-5-9-30-20(15)26-21(16(22(30)31)14-19-23(32)27(2)24(33)34-19)29-12-10-28(11-13-29)18-8-4-3-7-17(18)25/h3-9,14H,10-13H2,1-2H3/b19-14-. The number of likely N-dealkylation sites (N-methyl/N-ethyl adjacent to an activating group) is 1. The van der Waals surface area contributed by atoms with E-state index in [4.69, 9.17) is 17.2 Å². The zero-order chi connectivity index (χ0) is 24.0. The van der Waals surface area contributed by atoms with Crippen molar-refractivity contribution < 1.29 is 9.18 Å². The van der Waals surface area contributed by atoms with Crippen LogP contribution in [0.4, 0.5) is 15.9 Å². The number of thioether (sulfide) groups is 1. The predicted octanol–water partition coefficient (Wildman–Crippen LogP) is 3.30. The van der Waals surface area contributed by atoms with Crippen LogP contribution in [0.15, 0.2) is 52.3 Å². The van der Waals surface area contributed by atoms with Gasteiger partial charge in [-0.25, -0.2) is 9.37 Å². The number of hydrogen-bond acceptors (Lipinski definition) is 7. The van der Waals surface area contributed by atoms with Gasteiger partial charge >= 0.3 is 0 Å². The molecule has 0 radical (unpaired) electrons. The lowest BCUT2D eigenvalue weighted by atomic mass is 10.2. The van der Waals surface area contributed by atoms with Crippen molar-refractivity contribution in [3.05, 3.63) is 74.8 Å². The van der Waals surface area contributed by atoms with Crippen molar-refractivity contribution in [1.82, 2.24) is 14.3 Å². The summed E-state index contributed by atoms with van der Waals surface area (Å²) < 4.78 is 16.2. The number of nitrogens with zero attached hydrogens (tertiary/aromatic N) is 5. The van der Waals surface area contributed by atoms with E-state index in [2.05, 4.69) is 0 Å². The number of pyridine rings is 1. The van der Waals surface area contributed by atoms with Crippen LogP contribution in [0, 0.1) is 12.7 Å². The number of aryl methyl sites for hydroxylation is 1. The molecule has 0 aliphatic carbocycles. The molecule has 4 heterocycles. The van der Waals surface area contributed by atoms with Crippen molar-refractivity contribution in [2.24, 2.45) is 0 Å². The fraction of sp³-hybridized carbons (Fsp3) is 0.250. The average Bonchev–Trinajstić information content (AvgIpc) is 3.08. The smallest absolute Gasteiger partial charge is 0.267 e. The summed E-state index contributed by atoms with van der Waals surface area (Å²) in [6.45, 7) is 4.17. The van der Waals surface area contributed by atoms with Crippen molar-refractivity contribution in [3.8, 4) is 0 Å². The average molecular weight is 496 g/mol. The summed E-state index contributed by atoms with van der Waals surface area (Å²) in [5, 5.41) is 0. The molecule has 7 nitrogen and oxygen atoms in total. The summed E-state index contributed by atoms with van der Waals surface area (Å²) in [4.78, 5) is 36.9. The summed E-state index contributed by atoms with van der Waals surface area (Å²) in [7, 11) is 1.62. The normalized spacial score (nSPS) is 18.0. The highest BCUT2D eigenvalue weighted by atomic mass is 32.2. The van der Waals surface area contributed by atoms with Crippen LogP contribution in [0.1, 0.15) is 11.1 Å². The third-order valence-electron chi connectivity index (χ3n) is 6.10. The fourth-order valence-electron chi connectivity index (χ4n) is 4.21. The minimum atomic E-state index is -0.254. The number of piperazine rings is 1. The van der Waals surface area contributed by atoms with Gasteiger partial charge in [0.25, 0.3) is 11.5 Å². The summed E-state index contributed by atoms with van der Waals surface area (Å²) in [6.07, 6.45) is 3.28. The number of carbonyl (C=O) groups excluding carboxylic acids is 1. The Morgan fingerprint density at radius 3 is 2.44 bits per heavy atom. The van der Waals surface area contributed by atoms with Gasteiger partial charge in [-0.3, -0.25) is 18.9 Å². The molecule has 3 aromatic rings. The first-order chi connectivity index (χ1) is 16.3. The van der Waals surface area contributed by atoms with Gasteiger partial charge < -0.3 is 9.80 Å². The van der Waals surface area contributed by atoms with Gasteiger partial charge in [0, 0.05) is 39.4 Å². The SMILES string of the molecule is Cc1cccn2c(=O)c(/C=C3\SC(=S)N(C)C3=O)c(N3CCN(c4ccccc4F)CC3)nc12. The Balaban J connectivity index is 1.57. The summed E-state index contributed by atoms with van der Waals surface area (Å²) >= 11 is 6.42. The van der Waals surface area contributed by atoms with Gasteiger partial charge in [-0.1, -0.05) is 42.2 Å². The highest BCUT2D eigenvalue weighted by molar-refractivity contribution is 8.26. The van der Waals surface area contributed by atoms with E-state index in [0.717, 1.165) is 5.56 Å². The van der Waals surface area contributed by atoms with Crippen LogP contribution in [0.5, 0.6) is 0 Å². The Labute approximate surface area is 205 Å². The van der Waals surface area contributed by atoms with Gasteiger partial charge in [0.15, 0.2) is 0 Å². The molecule has 2 aliphatic heterocycles. The number of amides is 1. The van der Waals surface area contributed by atoms with E-state index in [1.54, 1.807) is 37.5 Å². The Morgan fingerprint density at radius 2 is 1.76 bits per heavy atom. The third kappa shape index (κ3) is 3.86. The molecule has 34 heavy (non-hydrogen) atoms. The molecule has 10 heteroatoms. The highest BCUT2D eigenvalue weighted by Gasteiger charge is 2.31. The van der Waals surface area contributed by atoms with Crippen molar-refractivity contribution in [2.45, 2.75) is 6.92 Å². The number of aromatic nitrogens is 2. The fourth-order valence-corrected chi connectivity index (χ4v) is 5.37. The second-order valence-corrected chi connectivity index (χ2v) is 9.88. The van der Waals surface area contributed by atoms with Crippen LogP contribution in [0.25, 0.3) is 11.7 Å². The van der Waals surface area contributed by atoms with E-state index >= 15 is 0 Å². The number of hydrogen-bond donors (Lipinski definition) is 0. The van der Waals surface area contributed by atoms with E-state index in [9.17, 15) is 14.0 Å². The van der Waals surface area contributed by atoms with Crippen LogP contribution >= 0.6 is 24.0 Å². The second-order valence-electron chi connectivity index (χ2n) is 8.21. The largest absolute Gasteiger partial charge is 0.366 e. The Morgan fingerprint density at radius 1 is 1.06 bits per heavy atom. The van der Waals surface area contributed by atoms with Crippen LogP contribution in [-0.4, -0.2) is 57.7 Å². The van der Waals surface area contributed by atoms with Gasteiger partial charge in [0.2, 0.25) is 0 Å². The first-order valence-electron chi connectivity index (χ1n) is 10.8. The highest BCUT2D eigenvalue weighted by Crippen LogP contribution is 2.33. The number of halogens is 1. The molecule has 0 unspecified atom stereocenters. The molecule has 2 fully saturated rings. The number of carbonyl (C=O) groups is 1. The van der Waals surface area contributed by atoms with Crippen LogP contribution in [0.3, 0.4) is 0 Å². The molecule has 0 atom stereocenters. The van der Waals surface area contributed by atoms with Gasteiger partial charge in [-0.15, -0.1) is 0 Å². The number of para-hydroxylation sites is 1. The summed E-state index contributed by atoms with van der Waals surface area (Å²) in [6, 6.07) is 10.4. The molecule has 2 aromatic heterocycles. The lowest BCUT2D eigenvalue weighted by Gasteiger charge is -2.37. The van der Waals surface area contributed by atoms with Gasteiger partial charge in [0.1, 0.15) is 21.6 Å². The molecule has 0 bridgehead atoms. The number of fused-ring (bicyclic) bond motifs is 1. The molecular weight excluding hydrogens is 473 g/mol. The number of anilines is 2. The molecule has 2 aliphatic rings. The predicted molar refractivity (Wildman–Crippen MR) is 138 cm³/mol. The Hall–Kier alpha value is -3.24. The van der Waals surface area contributed by atoms with E-state index < -0.39 is 0 Å². The maximum Gasteiger partial charge on any atom is 0.267 e. The van der Waals surface area contributed by atoms with E-state index in [0.29, 0.717) is 58.1 Å². The van der Waals surface area contributed by atoms with Gasteiger partial charge in [-0.05, 0) is 36.8 Å². The Bertz CT molecular complexity index is 1410. The monoisotopic (exact) mass is 495 g/mol. The van der Waals surface area contributed by atoms with Crippen molar-refractivity contribution in [3.63, 3.8) is 0 Å². The summed E-state index contributed by atoms with van der Waals surface area (Å²) in [5.74, 6) is 0.0313. The van der Waals surface area contributed by atoms with Crippen molar-refractivity contribution in [2.75, 3.05) is 43.0 Å². The topological polar surface area (TPSA) is 61.2 Å².